The van der Waals surface area contributed by atoms with Gasteiger partial charge in [-0.2, -0.15) is 0 Å². The largest absolute Gasteiger partial charge is 0.484 e. The Labute approximate surface area is 187 Å². The van der Waals surface area contributed by atoms with Crippen LogP contribution in [0.2, 0.25) is 0 Å². The lowest BCUT2D eigenvalue weighted by atomic mass is 10.1. The minimum atomic E-state index is -0.855. The molecule has 1 saturated heterocycles. The molecule has 1 aliphatic heterocycles. The van der Waals surface area contributed by atoms with Gasteiger partial charge in [0.2, 0.25) is 5.89 Å². The van der Waals surface area contributed by atoms with Gasteiger partial charge in [-0.25, -0.2) is 4.98 Å². The van der Waals surface area contributed by atoms with Gasteiger partial charge in [0.1, 0.15) is 29.3 Å². The number of aromatic nitrogens is 1. The zero-order valence-corrected chi connectivity index (χ0v) is 18.6. The van der Waals surface area contributed by atoms with Gasteiger partial charge in [0.25, 0.3) is 0 Å². The monoisotopic (exact) mass is 436 g/mol. The van der Waals surface area contributed by atoms with Crippen LogP contribution in [-0.4, -0.2) is 46.8 Å². The molecule has 3 aromatic rings. The maximum absolute atomic E-state index is 11.4. The van der Waals surface area contributed by atoms with Crippen LogP contribution in [0.1, 0.15) is 35.6 Å². The number of rotatable bonds is 7. The van der Waals surface area contributed by atoms with E-state index in [9.17, 15) is 9.90 Å². The average Bonchev–Trinajstić information content (AvgIpc) is 3.17. The second kappa shape index (κ2) is 9.54. The molecule has 1 N–H and O–H groups in total. The smallest absolute Gasteiger partial charge is 0.323 e. The van der Waals surface area contributed by atoms with Gasteiger partial charge in [-0.05, 0) is 50.6 Å². The number of benzene rings is 2. The number of nitrogens with zero attached hydrogens (tertiary/aromatic N) is 2. The summed E-state index contributed by atoms with van der Waals surface area (Å²) in [6, 6.07) is 15.2. The van der Waals surface area contributed by atoms with Gasteiger partial charge in [-0.1, -0.05) is 29.8 Å². The van der Waals surface area contributed by atoms with Crippen LogP contribution in [0.25, 0.3) is 11.5 Å². The molecule has 0 bridgehead atoms. The number of aryl methyl sites for hydroxylation is 2. The highest BCUT2D eigenvalue weighted by Gasteiger charge is 2.29. The quantitative estimate of drug-likeness (QED) is 0.588. The standard InChI is InChI=1S/C25H28N2O5/c1-16-4-8-20(9-5-16)24-26-23(18(3)32-24)17(2)31-21-10-6-19(7-11-21)14-27-12-13-30-15-22(27)25(28)29/h4-11,17,22H,12-15H2,1-3H3,(H,28,29)/t17?,22-/m0/s1. The summed E-state index contributed by atoms with van der Waals surface area (Å²) in [7, 11) is 0. The van der Waals surface area contributed by atoms with Crippen LogP contribution in [0, 0.1) is 13.8 Å². The molecule has 1 fully saturated rings. The van der Waals surface area contributed by atoms with Crippen molar-refractivity contribution in [2.45, 2.75) is 39.5 Å². The molecular weight excluding hydrogens is 408 g/mol. The van der Waals surface area contributed by atoms with Crippen molar-refractivity contribution in [3.8, 4) is 17.2 Å². The number of aliphatic carboxylic acids is 1. The number of carboxylic acid groups (broad SMARTS) is 1. The Hall–Kier alpha value is -3.16. The van der Waals surface area contributed by atoms with E-state index in [0.717, 1.165) is 28.3 Å². The molecule has 2 aromatic carbocycles. The van der Waals surface area contributed by atoms with Crippen molar-refractivity contribution in [1.29, 1.82) is 0 Å². The summed E-state index contributed by atoms with van der Waals surface area (Å²) in [5.41, 5.74) is 3.91. The number of oxazole rings is 1. The number of hydrogen-bond donors (Lipinski definition) is 1. The summed E-state index contributed by atoms with van der Waals surface area (Å²) >= 11 is 0. The van der Waals surface area contributed by atoms with Gasteiger partial charge in [-0.3, -0.25) is 9.69 Å². The lowest BCUT2D eigenvalue weighted by molar-refractivity contribution is -0.150. The van der Waals surface area contributed by atoms with Crippen molar-refractivity contribution in [2.24, 2.45) is 0 Å². The zero-order chi connectivity index (χ0) is 22.7. The molecule has 0 aliphatic carbocycles. The molecule has 32 heavy (non-hydrogen) atoms. The van der Waals surface area contributed by atoms with E-state index in [-0.39, 0.29) is 12.7 Å². The van der Waals surface area contributed by atoms with Crippen molar-refractivity contribution in [3.05, 3.63) is 71.1 Å². The third-order valence-electron chi connectivity index (χ3n) is 5.66. The highest BCUT2D eigenvalue weighted by atomic mass is 16.5. The Morgan fingerprint density at radius 1 is 1.19 bits per heavy atom. The van der Waals surface area contributed by atoms with E-state index in [1.165, 1.54) is 5.56 Å². The predicted molar refractivity (Wildman–Crippen MR) is 120 cm³/mol. The van der Waals surface area contributed by atoms with Gasteiger partial charge in [-0.15, -0.1) is 0 Å². The summed E-state index contributed by atoms with van der Waals surface area (Å²) in [4.78, 5) is 18.0. The minimum Gasteiger partial charge on any atom is -0.484 e. The molecular formula is C25H28N2O5. The van der Waals surface area contributed by atoms with Crippen molar-refractivity contribution in [2.75, 3.05) is 19.8 Å². The topological polar surface area (TPSA) is 85.0 Å². The van der Waals surface area contributed by atoms with Crippen LogP contribution >= 0.6 is 0 Å². The normalized spacial score (nSPS) is 17.8. The molecule has 7 heteroatoms. The number of hydrogen-bond acceptors (Lipinski definition) is 6. The van der Waals surface area contributed by atoms with Gasteiger partial charge < -0.3 is 19.0 Å². The van der Waals surface area contributed by atoms with Crippen LogP contribution in [0.3, 0.4) is 0 Å². The summed E-state index contributed by atoms with van der Waals surface area (Å²) in [5, 5.41) is 9.39. The summed E-state index contributed by atoms with van der Waals surface area (Å²) < 4.78 is 17.3. The lowest BCUT2D eigenvalue weighted by Crippen LogP contribution is -2.49. The Morgan fingerprint density at radius 3 is 2.59 bits per heavy atom. The second-order valence-corrected chi connectivity index (χ2v) is 8.13. The van der Waals surface area contributed by atoms with Gasteiger partial charge >= 0.3 is 5.97 Å². The Balaban J connectivity index is 1.41. The molecule has 4 rings (SSSR count). The zero-order valence-electron chi connectivity index (χ0n) is 18.6. The van der Waals surface area contributed by atoms with E-state index in [1.54, 1.807) is 0 Å². The molecule has 0 spiro atoms. The molecule has 1 aliphatic rings. The van der Waals surface area contributed by atoms with Crippen molar-refractivity contribution in [1.82, 2.24) is 9.88 Å². The number of carboxylic acids is 1. The van der Waals surface area contributed by atoms with Crippen molar-refractivity contribution < 1.29 is 23.8 Å². The highest BCUT2D eigenvalue weighted by Crippen LogP contribution is 2.28. The Morgan fingerprint density at radius 2 is 1.91 bits per heavy atom. The van der Waals surface area contributed by atoms with Crippen LogP contribution < -0.4 is 4.74 Å². The minimum absolute atomic E-state index is 0.218. The molecule has 0 radical (unpaired) electrons. The number of morpholine rings is 1. The third kappa shape index (κ3) is 5.00. The molecule has 0 amide bonds. The van der Waals surface area contributed by atoms with E-state index in [0.29, 0.717) is 25.6 Å². The van der Waals surface area contributed by atoms with Crippen molar-refractivity contribution >= 4 is 5.97 Å². The third-order valence-corrected chi connectivity index (χ3v) is 5.66. The first-order valence-corrected chi connectivity index (χ1v) is 10.8. The molecule has 7 nitrogen and oxygen atoms in total. The van der Waals surface area contributed by atoms with E-state index in [2.05, 4.69) is 4.98 Å². The Bertz CT molecular complexity index is 1060. The van der Waals surface area contributed by atoms with Crippen LogP contribution in [0.15, 0.2) is 52.9 Å². The molecule has 1 aromatic heterocycles. The van der Waals surface area contributed by atoms with E-state index in [4.69, 9.17) is 13.9 Å². The molecule has 168 valence electrons. The SMILES string of the molecule is Cc1ccc(-c2nc(C(C)Oc3ccc(CN4CCOC[C@H]4C(=O)O)cc3)c(C)o2)cc1. The maximum atomic E-state index is 11.4. The fourth-order valence-corrected chi connectivity index (χ4v) is 3.83. The first kappa shape index (κ1) is 22.0. The van der Waals surface area contributed by atoms with E-state index >= 15 is 0 Å². The molecule has 1 unspecified atom stereocenters. The Kier molecular flexibility index (Phi) is 6.58. The summed E-state index contributed by atoms with van der Waals surface area (Å²) in [5.74, 6) is 1.18. The summed E-state index contributed by atoms with van der Waals surface area (Å²) in [6.45, 7) is 7.80. The fourth-order valence-electron chi connectivity index (χ4n) is 3.83. The molecule has 2 heterocycles. The average molecular weight is 437 g/mol. The molecule has 2 atom stereocenters. The molecule has 0 saturated carbocycles. The van der Waals surface area contributed by atoms with E-state index in [1.807, 2.05) is 74.2 Å². The van der Waals surface area contributed by atoms with Crippen molar-refractivity contribution in [3.63, 3.8) is 0 Å². The van der Waals surface area contributed by atoms with E-state index < -0.39 is 12.0 Å². The second-order valence-electron chi connectivity index (χ2n) is 8.13. The highest BCUT2D eigenvalue weighted by molar-refractivity contribution is 5.73. The van der Waals surface area contributed by atoms with Gasteiger partial charge in [0, 0.05) is 18.7 Å². The number of carbonyl (C=O) groups is 1. The summed E-state index contributed by atoms with van der Waals surface area (Å²) in [6.07, 6.45) is -0.278. The predicted octanol–water partition coefficient (Wildman–Crippen LogP) is 4.38. The fraction of sp³-hybridized carbons (Fsp3) is 0.360. The lowest BCUT2D eigenvalue weighted by Gasteiger charge is -2.32. The van der Waals surface area contributed by atoms with Crippen LogP contribution in [0.5, 0.6) is 5.75 Å². The number of ether oxygens (including phenoxy) is 2. The van der Waals surface area contributed by atoms with Crippen LogP contribution in [0.4, 0.5) is 0 Å². The first-order chi connectivity index (χ1) is 15.4. The van der Waals surface area contributed by atoms with Gasteiger partial charge in [0.15, 0.2) is 0 Å². The first-order valence-electron chi connectivity index (χ1n) is 10.8. The van der Waals surface area contributed by atoms with Gasteiger partial charge in [0.05, 0.1) is 13.2 Å². The van der Waals surface area contributed by atoms with Crippen LogP contribution in [-0.2, 0) is 16.1 Å². The maximum Gasteiger partial charge on any atom is 0.323 e.